The van der Waals surface area contributed by atoms with Crippen LogP contribution in [0, 0.1) is 11.8 Å². The van der Waals surface area contributed by atoms with Crippen LogP contribution in [0.25, 0.3) is 0 Å². The van der Waals surface area contributed by atoms with Crippen molar-refractivity contribution >= 4 is 35.4 Å². The Balaban J connectivity index is 0.000000459. The van der Waals surface area contributed by atoms with E-state index < -0.39 is 36.3 Å². The normalized spacial score (nSPS) is 23.3. The standard InChI is InChI=1S/C25H36N4O4.2C2HF3O2/c26-15-17-4-6-18(7-5-17)24(31)29-16-21(28-12-2-1-3-13-28)14-22(29)23(30)27-20-10-8-19(9-11-20)25(32)33;2*3-2(4,5)1(6)7/h8-11,17-18,21-22H,1-7,12-16,26H2,(H,27,30)(H,32,33);2*(H,6,7)/t17-,18-,21-,22-;;/m0../s1. The molecule has 6 N–H and O–H groups in total. The van der Waals surface area contributed by atoms with Gasteiger partial charge in [0.25, 0.3) is 0 Å². The molecule has 2 aliphatic heterocycles. The Bertz CT molecular complexity index is 1210. The molecule has 0 unspecified atom stereocenters. The van der Waals surface area contributed by atoms with E-state index in [1.54, 1.807) is 12.1 Å². The van der Waals surface area contributed by atoms with Gasteiger partial charge in [-0.1, -0.05) is 6.42 Å². The highest BCUT2D eigenvalue weighted by molar-refractivity contribution is 5.98. The molecule has 2 amide bonds. The van der Waals surface area contributed by atoms with E-state index in [9.17, 15) is 40.7 Å². The van der Waals surface area contributed by atoms with Gasteiger partial charge in [-0.15, -0.1) is 0 Å². The zero-order valence-electron chi connectivity index (χ0n) is 25.2. The number of carboxylic acid groups (broad SMARTS) is 3. The molecule has 264 valence electrons. The first-order valence-corrected chi connectivity index (χ1v) is 14.8. The summed E-state index contributed by atoms with van der Waals surface area (Å²) in [7, 11) is 0. The second-order valence-corrected chi connectivity index (χ2v) is 11.4. The van der Waals surface area contributed by atoms with Crippen molar-refractivity contribution < 1.29 is 65.6 Å². The smallest absolute Gasteiger partial charge is 0.478 e. The SMILES string of the molecule is NC[C@H]1CC[C@H](C(=O)N2C[C@@H](N3CCCCC3)C[C@H]2C(=O)Nc2ccc(C(=O)O)cc2)CC1.O=C(O)C(F)(F)F.O=C(O)C(F)(F)F. The number of aliphatic carboxylic acids is 2. The van der Waals surface area contributed by atoms with Crippen molar-refractivity contribution in [1.29, 1.82) is 0 Å². The van der Waals surface area contributed by atoms with Crippen LogP contribution in [0.4, 0.5) is 32.0 Å². The summed E-state index contributed by atoms with van der Waals surface area (Å²) in [6.45, 7) is 3.33. The number of nitrogens with two attached hydrogens (primary N) is 1. The molecule has 0 bridgehead atoms. The zero-order valence-corrected chi connectivity index (χ0v) is 25.2. The molecule has 2 atom stereocenters. The Labute approximate surface area is 265 Å². The third-order valence-corrected chi connectivity index (χ3v) is 8.19. The molecule has 2 saturated heterocycles. The lowest BCUT2D eigenvalue weighted by Crippen LogP contribution is -2.47. The summed E-state index contributed by atoms with van der Waals surface area (Å²) < 4.78 is 63.5. The van der Waals surface area contributed by atoms with Gasteiger partial charge in [0.2, 0.25) is 11.8 Å². The van der Waals surface area contributed by atoms with E-state index in [4.69, 9.17) is 30.6 Å². The minimum absolute atomic E-state index is 0.0296. The van der Waals surface area contributed by atoms with Gasteiger partial charge in [-0.2, -0.15) is 26.3 Å². The molecule has 0 spiro atoms. The number of halogens is 6. The highest BCUT2D eigenvalue weighted by atomic mass is 19.4. The molecule has 1 saturated carbocycles. The van der Waals surface area contributed by atoms with Gasteiger partial charge in [-0.05, 0) is 94.8 Å². The fourth-order valence-electron chi connectivity index (χ4n) is 5.66. The summed E-state index contributed by atoms with van der Waals surface area (Å²) in [5.74, 6) is -6.14. The van der Waals surface area contributed by atoms with Crippen LogP contribution in [0.5, 0.6) is 0 Å². The molecule has 3 aliphatic rings. The van der Waals surface area contributed by atoms with Crippen LogP contribution in [-0.2, 0) is 19.2 Å². The van der Waals surface area contributed by atoms with Gasteiger partial charge in [0.15, 0.2) is 0 Å². The van der Waals surface area contributed by atoms with Crippen LogP contribution < -0.4 is 11.1 Å². The molecule has 1 aromatic rings. The van der Waals surface area contributed by atoms with E-state index in [0.29, 0.717) is 31.1 Å². The predicted molar refractivity (Wildman–Crippen MR) is 153 cm³/mol. The number of carbonyl (C=O) groups is 5. The van der Waals surface area contributed by atoms with Crippen LogP contribution in [0.3, 0.4) is 0 Å². The molecule has 18 heteroatoms. The van der Waals surface area contributed by atoms with Gasteiger partial charge in [0, 0.05) is 24.2 Å². The fourth-order valence-corrected chi connectivity index (χ4v) is 5.66. The van der Waals surface area contributed by atoms with E-state index in [1.165, 1.54) is 31.4 Å². The molecule has 2 heterocycles. The number of nitrogens with one attached hydrogen (secondary N) is 1. The van der Waals surface area contributed by atoms with Crippen molar-refractivity contribution in [3.63, 3.8) is 0 Å². The topological polar surface area (TPSA) is 191 Å². The van der Waals surface area contributed by atoms with Crippen molar-refractivity contribution in [3.8, 4) is 0 Å². The Morgan fingerprint density at radius 3 is 1.72 bits per heavy atom. The number of piperidine rings is 1. The lowest BCUT2D eigenvalue weighted by Gasteiger charge is -2.33. The molecule has 4 rings (SSSR count). The number of alkyl halides is 6. The van der Waals surface area contributed by atoms with Gasteiger partial charge < -0.3 is 31.3 Å². The summed E-state index contributed by atoms with van der Waals surface area (Å²) in [6, 6.07) is 5.84. The van der Waals surface area contributed by atoms with Crippen molar-refractivity contribution in [3.05, 3.63) is 29.8 Å². The summed E-state index contributed by atoms with van der Waals surface area (Å²) in [6.07, 6.45) is -2.31. The first kappa shape index (κ1) is 39.2. The number of rotatable bonds is 6. The van der Waals surface area contributed by atoms with E-state index in [0.717, 1.165) is 38.8 Å². The van der Waals surface area contributed by atoms with E-state index in [1.807, 2.05) is 4.90 Å². The second-order valence-electron chi connectivity index (χ2n) is 11.4. The number of nitrogens with zero attached hydrogens (tertiary/aromatic N) is 2. The highest BCUT2D eigenvalue weighted by Gasteiger charge is 2.44. The number of hydrogen-bond donors (Lipinski definition) is 5. The number of hydrogen-bond acceptors (Lipinski definition) is 7. The zero-order chi connectivity index (χ0) is 35.5. The van der Waals surface area contributed by atoms with E-state index >= 15 is 0 Å². The summed E-state index contributed by atoms with van der Waals surface area (Å²) >= 11 is 0. The van der Waals surface area contributed by atoms with E-state index in [2.05, 4.69) is 10.2 Å². The molecule has 1 aromatic carbocycles. The first-order valence-electron chi connectivity index (χ1n) is 14.8. The van der Waals surface area contributed by atoms with Crippen LogP contribution >= 0.6 is 0 Å². The van der Waals surface area contributed by atoms with Crippen LogP contribution in [0.2, 0.25) is 0 Å². The summed E-state index contributed by atoms with van der Waals surface area (Å²) in [5.41, 5.74) is 6.54. The van der Waals surface area contributed by atoms with Crippen molar-refractivity contribution in [2.24, 2.45) is 17.6 Å². The average molecular weight is 685 g/mol. The quantitative estimate of drug-likeness (QED) is 0.276. The van der Waals surface area contributed by atoms with Crippen molar-refractivity contribution in [2.75, 3.05) is 31.5 Å². The molecule has 0 radical (unpaired) electrons. The number of benzene rings is 1. The first-order chi connectivity index (χ1) is 21.8. The number of aromatic carboxylic acids is 1. The maximum atomic E-state index is 13.5. The lowest BCUT2D eigenvalue weighted by molar-refractivity contribution is -0.193. The monoisotopic (exact) mass is 684 g/mol. The third kappa shape index (κ3) is 12.3. The van der Waals surface area contributed by atoms with Crippen LogP contribution in [0.1, 0.15) is 61.7 Å². The number of amides is 2. The molecule has 12 nitrogen and oxygen atoms in total. The van der Waals surface area contributed by atoms with Crippen LogP contribution in [-0.4, -0.2) is 105 Å². The maximum absolute atomic E-state index is 13.5. The van der Waals surface area contributed by atoms with Crippen LogP contribution in [0.15, 0.2) is 24.3 Å². The number of likely N-dealkylation sites (tertiary alicyclic amines) is 2. The number of carbonyl (C=O) groups excluding carboxylic acids is 2. The van der Waals surface area contributed by atoms with Gasteiger partial charge >= 0.3 is 30.3 Å². The van der Waals surface area contributed by atoms with Gasteiger partial charge in [-0.3, -0.25) is 14.5 Å². The Hall–Kier alpha value is -3.93. The lowest BCUT2D eigenvalue weighted by atomic mass is 9.81. The highest BCUT2D eigenvalue weighted by Crippen LogP contribution is 2.33. The fraction of sp³-hybridized carbons (Fsp3) is 0.621. The predicted octanol–water partition coefficient (Wildman–Crippen LogP) is 3.81. The maximum Gasteiger partial charge on any atom is 0.490 e. The molecule has 0 aromatic heterocycles. The number of carboxylic acids is 3. The molecular weight excluding hydrogens is 646 g/mol. The molecular formula is C29H38F6N4O8. The molecule has 1 aliphatic carbocycles. The third-order valence-electron chi connectivity index (χ3n) is 8.19. The molecule has 3 fully saturated rings. The Kier molecular flexibility index (Phi) is 14.4. The van der Waals surface area contributed by atoms with E-state index in [-0.39, 0.29) is 29.3 Å². The molecule has 47 heavy (non-hydrogen) atoms. The van der Waals surface area contributed by atoms with Gasteiger partial charge in [0.1, 0.15) is 6.04 Å². The van der Waals surface area contributed by atoms with Crippen molar-refractivity contribution in [2.45, 2.75) is 75.8 Å². The van der Waals surface area contributed by atoms with Crippen molar-refractivity contribution in [1.82, 2.24) is 9.80 Å². The number of anilines is 1. The Morgan fingerprint density at radius 2 is 1.30 bits per heavy atom. The minimum atomic E-state index is -5.08. The second kappa shape index (κ2) is 17.3. The summed E-state index contributed by atoms with van der Waals surface area (Å²) in [4.78, 5) is 60.0. The van der Waals surface area contributed by atoms with Gasteiger partial charge in [-0.25, -0.2) is 14.4 Å². The van der Waals surface area contributed by atoms with Gasteiger partial charge in [0.05, 0.1) is 5.56 Å². The summed E-state index contributed by atoms with van der Waals surface area (Å²) in [5, 5.41) is 26.3. The minimum Gasteiger partial charge on any atom is -0.478 e. The largest absolute Gasteiger partial charge is 0.490 e. The Morgan fingerprint density at radius 1 is 0.809 bits per heavy atom. The average Bonchev–Trinajstić information content (AvgIpc) is 3.47.